The topological polar surface area (TPSA) is 83.1 Å². The van der Waals surface area contributed by atoms with E-state index in [9.17, 15) is 9.59 Å². The zero-order valence-electron chi connectivity index (χ0n) is 14.7. The highest BCUT2D eigenvalue weighted by Gasteiger charge is 2.21. The average molecular weight is 358 g/mol. The second-order valence-corrected chi connectivity index (χ2v) is 6.42. The molecule has 0 spiro atoms. The highest BCUT2D eigenvalue weighted by molar-refractivity contribution is 6.01. The third-order valence-corrected chi connectivity index (χ3v) is 4.43. The maximum absolute atomic E-state index is 12.1. The van der Waals surface area contributed by atoms with Crippen LogP contribution >= 0.6 is 0 Å². The summed E-state index contributed by atoms with van der Waals surface area (Å²) in [7, 11) is 0. The Morgan fingerprint density at radius 1 is 1.00 bits per heavy atom. The van der Waals surface area contributed by atoms with E-state index in [1.165, 1.54) is 0 Å². The molecule has 0 radical (unpaired) electrons. The lowest BCUT2D eigenvalue weighted by molar-refractivity contribution is 0.0965. The van der Waals surface area contributed by atoms with Gasteiger partial charge in [-0.2, -0.15) is 0 Å². The van der Waals surface area contributed by atoms with Crippen molar-refractivity contribution >= 4 is 23.3 Å². The zero-order valence-corrected chi connectivity index (χ0v) is 14.7. The van der Waals surface area contributed by atoms with Crippen LogP contribution in [-0.2, 0) is 6.54 Å². The molecule has 0 atom stereocenters. The second-order valence-electron chi connectivity index (χ2n) is 6.42. The lowest BCUT2D eigenvalue weighted by Crippen LogP contribution is -2.19. The van der Waals surface area contributed by atoms with Crippen LogP contribution in [0.15, 0.2) is 60.9 Å². The van der Waals surface area contributed by atoms with Gasteiger partial charge >= 0.3 is 6.03 Å². The SMILES string of the molecule is Cc1cncc(NC(=O)Nc2ccc(-c3cccc4c3CNC4=O)cc2)c1. The molecule has 1 aliphatic rings. The molecule has 0 unspecified atom stereocenters. The van der Waals surface area contributed by atoms with Crippen molar-refractivity contribution in [1.29, 1.82) is 0 Å². The molecular weight excluding hydrogens is 340 g/mol. The fourth-order valence-corrected chi connectivity index (χ4v) is 3.17. The molecule has 6 heteroatoms. The number of nitrogens with one attached hydrogen (secondary N) is 3. The maximum Gasteiger partial charge on any atom is 0.323 e. The van der Waals surface area contributed by atoms with Crippen LogP contribution in [0.4, 0.5) is 16.2 Å². The van der Waals surface area contributed by atoms with Gasteiger partial charge < -0.3 is 16.0 Å². The Labute approximate surface area is 156 Å². The minimum atomic E-state index is -0.328. The number of nitrogens with zero attached hydrogens (tertiary/aromatic N) is 1. The smallest absolute Gasteiger partial charge is 0.323 e. The fraction of sp³-hybridized carbons (Fsp3) is 0.0952. The number of carbonyl (C=O) groups excluding carboxylic acids is 2. The summed E-state index contributed by atoms with van der Waals surface area (Å²) in [5, 5.41) is 8.41. The number of aryl methyl sites for hydroxylation is 1. The van der Waals surface area contributed by atoms with Crippen molar-refractivity contribution in [3.05, 3.63) is 77.6 Å². The van der Waals surface area contributed by atoms with E-state index in [-0.39, 0.29) is 11.9 Å². The van der Waals surface area contributed by atoms with Gasteiger partial charge in [0.15, 0.2) is 0 Å². The van der Waals surface area contributed by atoms with Gasteiger partial charge in [-0.15, -0.1) is 0 Å². The van der Waals surface area contributed by atoms with Gasteiger partial charge in [-0.3, -0.25) is 9.78 Å². The summed E-state index contributed by atoms with van der Waals surface area (Å²) in [5.74, 6) is -0.0348. The van der Waals surface area contributed by atoms with Gasteiger partial charge in [-0.05, 0) is 53.4 Å². The van der Waals surface area contributed by atoms with E-state index >= 15 is 0 Å². The van der Waals surface area contributed by atoms with Crippen LogP contribution < -0.4 is 16.0 Å². The number of fused-ring (bicyclic) bond motifs is 1. The Hall–Kier alpha value is -3.67. The van der Waals surface area contributed by atoms with E-state index in [1.807, 2.05) is 55.5 Å². The first-order valence-electron chi connectivity index (χ1n) is 8.60. The van der Waals surface area contributed by atoms with Crippen molar-refractivity contribution in [1.82, 2.24) is 10.3 Å². The molecule has 1 aromatic heterocycles. The number of hydrogen-bond donors (Lipinski definition) is 3. The summed E-state index contributed by atoms with van der Waals surface area (Å²) in [6.45, 7) is 2.45. The van der Waals surface area contributed by atoms with Crippen LogP contribution in [0.5, 0.6) is 0 Å². The summed E-state index contributed by atoms with van der Waals surface area (Å²) in [6, 6.07) is 14.8. The van der Waals surface area contributed by atoms with Crippen molar-refractivity contribution in [2.75, 3.05) is 10.6 Å². The average Bonchev–Trinajstić information content (AvgIpc) is 3.04. The Bertz CT molecular complexity index is 1030. The molecule has 0 saturated heterocycles. The summed E-state index contributed by atoms with van der Waals surface area (Å²) in [5.41, 5.74) is 6.04. The van der Waals surface area contributed by atoms with Crippen molar-refractivity contribution in [2.45, 2.75) is 13.5 Å². The van der Waals surface area contributed by atoms with Gasteiger partial charge in [0.05, 0.1) is 11.9 Å². The molecule has 2 aromatic carbocycles. The molecule has 0 saturated carbocycles. The fourth-order valence-electron chi connectivity index (χ4n) is 3.17. The Morgan fingerprint density at radius 3 is 2.52 bits per heavy atom. The van der Waals surface area contributed by atoms with Gasteiger partial charge in [0.25, 0.3) is 5.91 Å². The van der Waals surface area contributed by atoms with Gasteiger partial charge in [0, 0.05) is 24.0 Å². The minimum absolute atomic E-state index is 0.0348. The molecule has 6 nitrogen and oxygen atoms in total. The lowest BCUT2D eigenvalue weighted by Gasteiger charge is -2.10. The number of benzene rings is 2. The monoisotopic (exact) mass is 358 g/mol. The molecular formula is C21H18N4O2. The summed E-state index contributed by atoms with van der Waals surface area (Å²) in [4.78, 5) is 28.0. The molecule has 27 heavy (non-hydrogen) atoms. The molecule has 0 bridgehead atoms. The molecule has 3 aromatic rings. The van der Waals surface area contributed by atoms with E-state index in [1.54, 1.807) is 12.4 Å². The van der Waals surface area contributed by atoms with Crippen molar-refractivity contribution in [3.8, 4) is 11.1 Å². The number of amides is 3. The predicted molar refractivity (Wildman–Crippen MR) is 105 cm³/mol. The zero-order chi connectivity index (χ0) is 18.8. The highest BCUT2D eigenvalue weighted by Crippen LogP contribution is 2.30. The van der Waals surface area contributed by atoms with Crippen LogP contribution in [-0.4, -0.2) is 16.9 Å². The van der Waals surface area contributed by atoms with E-state index < -0.39 is 0 Å². The van der Waals surface area contributed by atoms with Crippen LogP contribution in [0, 0.1) is 6.92 Å². The summed E-state index contributed by atoms with van der Waals surface area (Å²) >= 11 is 0. The van der Waals surface area contributed by atoms with Crippen molar-refractivity contribution < 1.29 is 9.59 Å². The van der Waals surface area contributed by atoms with Crippen molar-refractivity contribution in [2.24, 2.45) is 0 Å². The third kappa shape index (κ3) is 3.50. The number of aromatic nitrogens is 1. The van der Waals surface area contributed by atoms with E-state index in [0.29, 0.717) is 17.9 Å². The lowest BCUT2D eigenvalue weighted by atomic mass is 9.97. The van der Waals surface area contributed by atoms with E-state index in [0.717, 1.165) is 27.8 Å². The summed E-state index contributed by atoms with van der Waals surface area (Å²) < 4.78 is 0. The van der Waals surface area contributed by atoms with Crippen LogP contribution in [0.2, 0.25) is 0 Å². The molecule has 3 amide bonds. The quantitative estimate of drug-likeness (QED) is 0.663. The van der Waals surface area contributed by atoms with Gasteiger partial charge in [0.2, 0.25) is 0 Å². The molecule has 0 fully saturated rings. The minimum Gasteiger partial charge on any atom is -0.348 e. The van der Waals surface area contributed by atoms with Crippen LogP contribution in [0.25, 0.3) is 11.1 Å². The van der Waals surface area contributed by atoms with E-state index in [2.05, 4.69) is 20.9 Å². The largest absolute Gasteiger partial charge is 0.348 e. The Kier molecular flexibility index (Phi) is 4.30. The molecule has 2 heterocycles. The predicted octanol–water partition coefficient (Wildman–Crippen LogP) is 3.94. The molecule has 4 rings (SSSR count). The normalized spacial score (nSPS) is 12.3. The maximum atomic E-state index is 12.1. The molecule has 3 N–H and O–H groups in total. The standard InChI is InChI=1S/C21H18N4O2/c1-13-9-16(11-22-10-13)25-21(27)24-15-7-5-14(6-8-15)17-3-2-4-18-19(17)12-23-20(18)26/h2-11H,12H2,1H3,(H,23,26)(H2,24,25,27). The molecule has 1 aliphatic heterocycles. The summed E-state index contributed by atoms with van der Waals surface area (Å²) in [6.07, 6.45) is 3.33. The number of anilines is 2. The van der Waals surface area contributed by atoms with Gasteiger partial charge in [-0.25, -0.2) is 4.79 Å². The number of carbonyl (C=O) groups is 2. The van der Waals surface area contributed by atoms with Gasteiger partial charge in [0.1, 0.15) is 0 Å². The first kappa shape index (κ1) is 16.8. The molecule has 134 valence electrons. The number of rotatable bonds is 3. The number of hydrogen-bond acceptors (Lipinski definition) is 3. The van der Waals surface area contributed by atoms with Crippen LogP contribution in [0.1, 0.15) is 21.5 Å². The first-order valence-corrected chi connectivity index (χ1v) is 8.60. The number of urea groups is 1. The first-order chi connectivity index (χ1) is 13.1. The Balaban J connectivity index is 1.48. The second kappa shape index (κ2) is 6.92. The third-order valence-electron chi connectivity index (χ3n) is 4.43. The number of pyridine rings is 1. The van der Waals surface area contributed by atoms with Crippen molar-refractivity contribution in [3.63, 3.8) is 0 Å². The Morgan fingerprint density at radius 2 is 1.74 bits per heavy atom. The van der Waals surface area contributed by atoms with Crippen LogP contribution in [0.3, 0.4) is 0 Å². The highest BCUT2D eigenvalue weighted by atomic mass is 16.2. The van der Waals surface area contributed by atoms with Gasteiger partial charge in [-0.1, -0.05) is 24.3 Å². The van der Waals surface area contributed by atoms with E-state index in [4.69, 9.17) is 0 Å². The molecule has 0 aliphatic carbocycles.